The van der Waals surface area contributed by atoms with E-state index in [4.69, 9.17) is 0 Å². The lowest BCUT2D eigenvalue weighted by atomic mass is 10.0. The van der Waals surface area contributed by atoms with Gasteiger partial charge in [-0.2, -0.15) is 0 Å². The monoisotopic (exact) mass is 348 g/mol. The highest BCUT2D eigenvalue weighted by Crippen LogP contribution is 2.34. The Kier molecular flexibility index (Phi) is 3.68. The molecule has 2 heteroatoms. The van der Waals surface area contributed by atoms with Crippen LogP contribution in [0, 0.1) is 0 Å². The zero-order valence-corrected chi connectivity index (χ0v) is 15.2. The van der Waals surface area contributed by atoms with E-state index in [1.54, 1.807) is 0 Å². The molecular weight excluding hydrogens is 328 g/mol. The second kappa shape index (κ2) is 6.33. The van der Waals surface area contributed by atoms with Gasteiger partial charge in [0.1, 0.15) is 0 Å². The number of nitrogens with zero attached hydrogens (tertiary/aromatic N) is 1. The number of rotatable bonds is 3. The SMILES string of the molecule is CNn1c2ccc(-c3ccccc3)cc2c2cc(-c3ccccc3)ccc21. The van der Waals surface area contributed by atoms with Gasteiger partial charge in [-0.05, 0) is 46.5 Å². The average molecular weight is 348 g/mol. The number of hydrogen-bond donors (Lipinski definition) is 1. The summed E-state index contributed by atoms with van der Waals surface area (Å²) in [6, 6.07) is 34.5. The van der Waals surface area contributed by atoms with Gasteiger partial charge in [0, 0.05) is 17.8 Å². The molecule has 130 valence electrons. The van der Waals surface area contributed by atoms with Crippen molar-refractivity contribution in [3.8, 4) is 22.3 Å². The van der Waals surface area contributed by atoms with Crippen LogP contribution in [0.1, 0.15) is 0 Å². The Morgan fingerprint density at radius 1 is 0.519 bits per heavy atom. The summed E-state index contributed by atoms with van der Waals surface area (Å²) in [4.78, 5) is 0. The zero-order chi connectivity index (χ0) is 18.2. The third-order valence-electron chi connectivity index (χ3n) is 5.20. The molecule has 0 aliphatic rings. The average Bonchev–Trinajstić information content (AvgIpc) is 3.07. The first kappa shape index (κ1) is 15.7. The van der Waals surface area contributed by atoms with Crippen molar-refractivity contribution in [2.24, 2.45) is 0 Å². The van der Waals surface area contributed by atoms with E-state index in [1.165, 1.54) is 44.1 Å². The lowest BCUT2D eigenvalue weighted by Crippen LogP contribution is -2.07. The first-order chi connectivity index (χ1) is 13.3. The van der Waals surface area contributed by atoms with Crippen LogP contribution in [0.3, 0.4) is 0 Å². The molecule has 1 N–H and O–H groups in total. The maximum Gasteiger partial charge on any atom is 0.0706 e. The Bertz CT molecular complexity index is 1140. The van der Waals surface area contributed by atoms with Crippen molar-refractivity contribution in [1.82, 2.24) is 4.68 Å². The van der Waals surface area contributed by atoms with Gasteiger partial charge in [0.2, 0.25) is 0 Å². The second-order valence-corrected chi connectivity index (χ2v) is 6.75. The highest BCUT2D eigenvalue weighted by atomic mass is 15.4. The van der Waals surface area contributed by atoms with Crippen molar-refractivity contribution in [3.63, 3.8) is 0 Å². The summed E-state index contributed by atoms with van der Waals surface area (Å²) in [6.45, 7) is 0. The Morgan fingerprint density at radius 2 is 0.963 bits per heavy atom. The normalized spacial score (nSPS) is 11.1. The lowest BCUT2D eigenvalue weighted by molar-refractivity contribution is 1.02. The minimum atomic E-state index is 1.19. The molecule has 0 aliphatic carbocycles. The number of hydrogen-bond acceptors (Lipinski definition) is 1. The number of nitrogens with one attached hydrogen (secondary N) is 1. The van der Waals surface area contributed by atoms with E-state index in [1.807, 2.05) is 7.05 Å². The van der Waals surface area contributed by atoms with Gasteiger partial charge in [0.15, 0.2) is 0 Å². The molecule has 0 amide bonds. The standard InChI is InChI=1S/C25H20N2/c1-26-27-24-14-12-20(18-8-4-2-5-9-18)16-22(24)23-17-21(13-15-25(23)27)19-10-6-3-7-11-19/h2-17,26H,1H3. The quantitative estimate of drug-likeness (QED) is 0.405. The highest BCUT2D eigenvalue weighted by molar-refractivity contribution is 6.10. The van der Waals surface area contributed by atoms with Crippen LogP contribution in [0.5, 0.6) is 0 Å². The Hall–Kier alpha value is -3.52. The van der Waals surface area contributed by atoms with Gasteiger partial charge < -0.3 is 5.43 Å². The molecule has 4 aromatic carbocycles. The Labute approximate surface area is 158 Å². The van der Waals surface area contributed by atoms with Crippen LogP contribution in [0.15, 0.2) is 97.1 Å². The third-order valence-corrected chi connectivity index (χ3v) is 5.20. The molecule has 0 unspecified atom stereocenters. The molecule has 0 spiro atoms. The van der Waals surface area contributed by atoms with Gasteiger partial charge in [-0.1, -0.05) is 72.8 Å². The minimum absolute atomic E-state index is 1.19. The summed E-state index contributed by atoms with van der Waals surface area (Å²) in [6.07, 6.45) is 0. The predicted octanol–water partition coefficient (Wildman–Crippen LogP) is 6.30. The first-order valence-corrected chi connectivity index (χ1v) is 9.22. The minimum Gasteiger partial charge on any atom is -0.328 e. The maximum absolute atomic E-state index is 3.33. The molecule has 0 aliphatic heterocycles. The van der Waals surface area contributed by atoms with Gasteiger partial charge >= 0.3 is 0 Å². The molecule has 27 heavy (non-hydrogen) atoms. The first-order valence-electron chi connectivity index (χ1n) is 9.22. The van der Waals surface area contributed by atoms with Gasteiger partial charge in [-0.3, -0.25) is 4.68 Å². The molecule has 5 aromatic rings. The molecule has 1 heterocycles. The molecule has 5 rings (SSSR count). The van der Waals surface area contributed by atoms with E-state index in [2.05, 4.69) is 107 Å². The molecule has 0 fully saturated rings. The molecular formula is C25H20N2. The van der Waals surface area contributed by atoms with Crippen LogP contribution >= 0.6 is 0 Å². The molecule has 0 atom stereocenters. The van der Waals surface area contributed by atoms with E-state index in [0.29, 0.717) is 0 Å². The van der Waals surface area contributed by atoms with Gasteiger partial charge in [0.25, 0.3) is 0 Å². The number of benzene rings is 4. The van der Waals surface area contributed by atoms with Crippen LogP contribution in [0.25, 0.3) is 44.1 Å². The predicted molar refractivity (Wildman–Crippen MR) is 116 cm³/mol. The summed E-state index contributed by atoms with van der Waals surface area (Å²) in [5.41, 5.74) is 10.7. The van der Waals surface area contributed by atoms with Crippen molar-refractivity contribution in [2.45, 2.75) is 0 Å². The third kappa shape index (κ3) is 2.58. The highest BCUT2D eigenvalue weighted by Gasteiger charge is 2.12. The smallest absolute Gasteiger partial charge is 0.0706 e. The fraction of sp³-hybridized carbons (Fsp3) is 0.0400. The molecule has 1 aromatic heterocycles. The summed E-state index contributed by atoms with van der Waals surface area (Å²) in [5, 5.41) is 2.52. The van der Waals surface area contributed by atoms with Crippen molar-refractivity contribution < 1.29 is 0 Å². The van der Waals surface area contributed by atoms with Crippen molar-refractivity contribution in [1.29, 1.82) is 0 Å². The Balaban J connectivity index is 1.79. The van der Waals surface area contributed by atoms with Crippen molar-refractivity contribution in [2.75, 3.05) is 12.5 Å². The van der Waals surface area contributed by atoms with Crippen LogP contribution in [0.4, 0.5) is 0 Å². The second-order valence-electron chi connectivity index (χ2n) is 6.75. The number of aromatic nitrogens is 1. The van der Waals surface area contributed by atoms with Gasteiger partial charge in [-0.25, -0.2) is 0 Å². The van der Waals surface area contributed by atoms with E-state index in [-0.39, 0.29) is 0 Å². The largest absolute Gasteiger partial charge is 0.328 e. The number of fused-ring (bicyclic) bond motifs is 3. The van der Waals surface area contributed by atoms with E-state index in [0.717, 1.165) is 0 Å². The molecule has 0 bridgehead atoms. The van der Waals surface area contributed by atoms with Crippen molar-refractivity contribution >= 4 is 21.8 Å². The summed E-state index contributed by atoms with van der Waals surface area (Å²) < 4.78 is 2.16. The van der Waals surface area contributed by atoms with Crippen molar-refractivity contribution in [3.05, 3.63) is 97.1 Å². The summed E-state index contributed by atoms with van der Waals surface area (Å²) >= 11 is 0. The molecule has 2 nitrogen and oxygen atoms in total. The molecule has 0 saturated heterocycles. The van der Waals surface area contributed by atoms with E-state index < -0.39 is 0 Å². The van der Waals surface area contributed by atoms with Crippen LogP contribution in [-0.4, -0.2) is 11.7 Å². The molecule has 0 saturated carbocycles. The van der Waals surface area contributed by atoms with Gasteiger partial charge in [-0.15, -0.1) is 0 Å². The Morgan fingerprint density at radius 3 is 1.37 bits per heavy atom. The van der Waals surface area contributed by atoms with E-state index >= 15 is 0 Å². The molecule has 0 radical (unpaired) electrons. The van der Waals surface area contributed by atoms with Crippen LogP contribution in [0.2, 0.25) is 0 Å². The maximum atomic E-state index is 3.33. The summed E-state index contributed by atoms with van der Waals surface area (Å²) in [5.74, 6) is 0. The fourth-order valence-corrected chi connectivity index (χ4v) is 3.88. The fourth-order valence-electron chi connectivity index (χ4n) is 3.88. The zero-order valence-electron chi connectivity index (χ0n) is 15.2. The summed E-state index contributed by atoms with van der Waals surface area (Å²) in [7, 11) is 1.97. The van der Waals surface area contributed by atoms with Crippen LogP contribution < -0.4 is 5.43 Å². The topological polar surface area (TPSA) is 17.0 Å². The van der Waals surface area contributed by atoms with Gasteiger partial charge in [0.05, 0.1) is 11.0 Å². The lowest BCUT2D eigenvalue weighted by Gasteiger charge is -2.06. The van der Waals surface area contributed by atoms with E-state index in [9.17, 15) is 0 Å². The van der Waals surface area contributed by atoms with Crippen LogP contribution in [-0.2, 0) is 0 Å².